The van der Waals surface area contributed by atoms with Gasteiger partial charge in [0.05, 0.1) is 0 Å². The Labute approximate surface area is 99.0 Å². The molecule has 2 aromatic rings. The van der Waals surface area contributed by atoms with Crippen LogP contribution in [0.25, 0.3) is 10.8 Å². The highest BCUT2D eigenvalue weighted by Gasteiger charge is 2.11. The van der Waals surface area contributed by atoms with Crippen LogP contribution in [0.3, 0.4) is 0 Å². The number of esters is 1. The first-order valence-electron chi connectivity index (χ1n) is 5.18. The van der Waals surface area contributed by atoms with Crippen molar-refractivity contribution in [2.45, 2.75) is 6.92 Å². The lowest BCUT2D eigenvalue weighted by atomic mass is 10.1. The van der Waals surface area contributed by atoms with Crippen LogP contribution >= 0.6 is 0 Å². The van der Waals surface area contributed by atoms with Gasteiger partial charge in [-0.3, -0.25) is 0 Å². The van der Waals surface area contributed by atoms with Crippen LogP contribution in [0, 0.1) is 0 Å². The highest BCUT2D eigenvalue weighted by atomic mass is 16.5. The van der Waals surface area contributed by atoms with Crippen molar-refractivity contribution < 1.29 is 14.6 Å². The van der Waals surface area contributed by atoms with Gasteiger partial charge in [0.1, 0.15) is 0 Å². The fourth-order valence-corrected chi connectivity index (χ4v) is 1.50. The highest BCUT2D eigenvalue weighted by molar-refractivity contribution is 5.93. The summed E-state index contributed by atoms with van der Waals surface area (Å²) in [5, 5.41) is 11.5. The van der Waals surface area contributed by atoms with Crippen molar-refractivity contribution in [3.63, 3.8) is 0 Å². The molecule has 3 heteroatoms. The molecule has 0 radical (unpaired) electrons. The van der Waals surface area contributed by atoms with Crippen molar-refractivity contribution in [2.75, 3.05) is 0 Å². The molecule has 0 saturated heterocycles. The standard InChI is InChI=1S/C14H12O3/c1-9(2)14(16)17-12-8-7-10-5-3-4-6-11(10)13(12)15/h3-8,15H,1H2,2H3. The molecule has 1 N–H and O–H groups in total. The molecule has 86 valence electrons. The summed E-state index contributed by atoms with van der Waals surface area (Å²) < 4.78 is 5.03. The Bertz CT molecular complexity index is 599. The van der Waals surface area contributed by atoms with Gasteiger partial charge >= 0.3 is 5.97 Å². The van der Waals surface area contributed by atoms with Crippen molar-refractivity contribution in [1.82, 2.24) is 0 Å². The molecule has 0 fully saturated rings. The van der Waals surface area contributed by atoms with Crippen LogP contribution in [0.15, 0.2) is 48.6 Å². The van der Waals surface area contributed by atoms with Crippen LogP contribution in [0.2, 0.25) is 0 Å². The zero-order valence-corrected chi connectivity index (χ0v) is 9.43. The SMILES string of the molecule is C=C(C)C(=O)Oc1ccc2ccccc2c1O. The van der Waals surface area contributed by atoms with E-state index in [-0.39, 0.29) is 17.1 Å². The fraction of sp³-hybridized carbons (Fsp3) is 0.0714. The predicted octanol–water partition coefficient (Wildman–Crippen LogP) is 3.03. The average Bonchev–Trinajstić information content (AvgIpc) is 2.33. The molecule has 0 aromatic heterocycles. The van der Waals surface area contributed by atoms with Gasteiger partial charge in [0, 0.05) is 11.0 Å². The number of aromatic hydroxyl groups is 1. The van der Waals surface area contributed by atoms with Crippen molar-refractivity contribution in [3.05, 3.63) is 48.6 Å². The maximum Gasteiger partial charge on any atom is 0.338 e. The fourth-order valence-electron chi connectivity index (χ4n) is 1.50. The minimum Gasteiger partial charge on any atom is -0.504 e. The second-order valence-electron chi connectivity index (χ2n) is 3.80. The molecule has 0 bridgehead atoms. The van der Waals surface area contributed by atoms with Gasteiger partial charge in [-0.15, -0.1) is 0 Å². The molecule has 0 unspecified atom stereocenters. The first kappa shape index (κ1) is 11.2. The van der Waals surface area contributed by atoms with Gasteiger partial charge in [-0.2, -0.15) is 0 Å². The van der Waals surface area contributed by atoms with Gasteiger partial charge in [0.15, 0.2) is 11.5 Å². The van der Waals surface area contributed by atoms with E-state index in [0.717, 1.165) is 5.39 Å². The lowest BCUT2D eigenvalue weighted by molar-refractivity contribution is -0.130. The van der Waals surface area contributed by atoms with Gasteiger partial charge < -0.3 is 9.84 Å². The summed E-state index contributed by atoms with van der Waals surface area (Å²) in [5.41, 5.74) is 0.289. The van der Waals surface area contributed by atoms with Crippen molar-refractivity contribution >= 4 is 16.7 Å². The van der Waals surface area contributed by atoms with Crippen LogP contribution in [0.1, 0.15) is 6.92 Å². The number of hydrogen-bond donors (Lipinski definition) is 1. The topological polar surface area (TPSA) is 46.5 Å². The summed E-state index contributed by atoms with van der Waals surface area (Å²) in [6.45, 7) is 5.04. The smallest absolute Gasteiger partial charge is 0.338 e. The van der Waals surface area contributed by atoms with Gasteiger partial charge in [0.2, 0.25) is 0 Å². The van der Waals surface area contributed by atoms with E-state index in [1.165, 1.54) is 0 Å². The molecule has 0 aliphatic carbocycles. The number of rotatable bonds is 2. The molecule has 0 aliphatic heterocycles. The third-order valence-electron chi connectivity index (χ3n) is 2.41. The van der Waals surface area contributed by atoms with Crippen LogP contribution in [-0.4, -0.2) is 11.1 Å². The monoisotopic (exact) mass is 228 g/mol. The first-order chi connectivity index (χ1) is 8.09. The van der Waals surface area contributed by atoms with Gasteiger partial charge in [-0.1, -0.05) is 36.9 Å². The highest BCUT2D eigenvalue weighted by Crippen LogP contribution is 2.34. The summed E-state index contributed by atoms with van der Waals surface area (Å²) in [4.78, 5) is 11.4. The Balaban J connectivity index is 2.46. The third-order valence-corrected chi connectivity index (χ3v) is 2.41. The maximum absolute atomic E-state index is 11.4. The van der Waals surface area contributed by atoms with E-state index in [4.69, 9.17) is 4.74 Å². The van der Waals surface area contributed by atoms with Crippen molar-refractivity contribution in [3.8, 4) is 11.5 Å². The Kier molecular flexibility index (Phi) is 2.83. The molecule has 3 nitrogen and oxygen atoms in total. The predicted molar refractivity (Wildman–Crippen MR) is 66.1 cm³/mol. The molecular weight excluding hydrogens is 216 g/mol. The number of ether oxygens (including phenoxy) is 1. The van der Waals surface area contributed by atoms with E-state index in [1.54, 1.807) is 25.1 Å². The maximum atomic E-state index is 11.4. The largest absolute Gasteiger partial charge is 0.504 e. The van der Waals surface area contributed by atoms with Gasteiger partial charge in [0.25, 0.3) is 0 Å². The molecule has 0 amide bonds. The number of phenols is 1. The quantitative estimate of drug-likeness (QED) is 0.488. The number of fused-ring (bicyclic) bond motifs is 1. The summed E-state index contributed by atoms with van der Waals surface area (Å²) in [6.07, 6.45) is 0. The Morgan fingerprint density at radius 1 is 1.24 bits per heavy atom. The number of hydrogen-bond acceptors (Lipinski definition) is 3. The van der Waals surface area contributed by atoms with Crippen LogP contribution < -0.4 is 4.74 Å². The number of benzene rings is 2. The van der Waals surface area contributed by atoms with E-state index < -0.39 is 5.97 Å². The van der Waals surface area contributed by atoms with Crippen molar-refractivity contribution in [1.29, 1.82) is 0 Å². The second kappa shape index (κ2) is 4.29. The Morgan fingerprint density at radius 3 is 2.65 bits per heavy atom. The van der Waals surface area contributed by atoms with Crippen molar-refractivity contribution in [2.24, 2.45) is 0 Å². The number of carbonyl (C=O) groups excluding carboxylic acids is 1. The first-order valence-corrected chi connectivity index (χ1v) is 5.18. The molecule has 0 saturated carbocycles. The second-order valence-corrected chi connectivity index (χ2v) is 3.80. The molecule has 0 heterocycles. The minimum absolute atomic E-state index is 0.0299. The number of carbonyl (C=O) groups is 1. The van der Waals surface area contributed by atoms with Gasteiger partial charge in [-0.25, -0.2) is 4.79 Å². The molecule has 0 spiro atoms. The van der Waals surface area contributed by atoms with Crippen LogP contribution in [0.4, 0.5) is 0 Å². The van der Waals surface area contributed by atoms with E-state index in [9.17, 15) is 9.90 Å². The van der Waals surface area contributed by atoms with E-state index in [1.807, 2.05) is 18.2 Å². The van der Waals surface area contributed by atoms with Crippen LogP contribution in [0.5, 0.6) is 11.5 Å². The Morgan fingerprint density at radius 2 is 1.94 bits per heavy atom. The molecule has 0 atom stereocenters. The van der Waals surface area contributed by atoms with E-state index >= 15 is 0 Å². The van der Waals surface area contributed by atoms with E-state index in [2.05, 4.69) is 6.58 Å². The molecule has 2 rings (SSSR count). The number of phenolic OH excluding ortho intramolecular Hbond substituents is 1. The Hall–Kier alpha value is -2.29. The molecule has 17 heavy (non-hydrogen) atoms. The van der Waals surface area contributed by atoms with Gasteiger partial charge in [-0.05, 0) is 18.4 Å². The zero-order valence-electron chi connectivity index (χ0n) is 9.43. The van der Waals surface area contributed by atoms with E-state index in [0.29, 0.717) is 5.39 Å². The summed E-state index contributed by atoms with van der Waals surface area (Å²) >= 11 is 0. The molecule has 2 aromatic carbocycles. The van der Waals surface area contributed by atoms with Crippen LogP contribution in [-0.2, 0) is 4.79 Å². The minimum atomic E-state index is -0.546. The molecular formula is C14H12O3. The zero-order chi connectivity index (χ0) is 12.4. The summed E-state index contributed by atoms with van der Waals surface area (Å²) in [5.74, 6) is -0.426. The lowest BCUT2D eigenvalue weighted by Crippen LogP contribution is -2.08. The lowest BCUT2D eigenvalue weighted by Gasteiger charge is -2.08. The normalized spacial score (nSPS) is 10.2. The summed E-state index contributed by atoms with van der Waals surface area (Å²) in [6, 6.07) is 10.7. The average molecular weight is 228 g/mol. The molecule has 0 aliphatic rings. The third kappa shape index (κ3) is 2.13. The summed E-state index contributed by atoms with van der Waals surface area (Å²) in [7, 11) is 0.